The zero-order valence-corrected chi connectivity index (χ0v) is 17.7. The molecule has 0 saturated carbocycles. The molecule has 0 bridgehead atoms. The number of nitriles is 1. The Labute approximate surface area is 174 Å². The van der Waals surface area contributed by atoms with Gasteiger partial charge in [0.05, 0.1) is 23.8 Å². The monoisotopic (exact) mass is 430 g/mol. The summed E-state index contributed by atoms with van der Waals surface area (Å²) in [6.07, 6.45) is 0. The van der Waals surface area contributed by atoms with Crippen LogP contribution in [0.25, 0.3) is 10.9 Å². The minimum absolute atomic E-state index is 0.0439. The van der Waals surface area contributed by atoms with Crippen molar-refractivity contribution >= 4 is 44.0 Å². The van der Waals surface area contributed by atoms with Crippen molar-refractivity contribution < 1.29 is 13.2 Å². The Bertz CT molecular complexity index is 1220. The van der Waals surface area contributed by atoms with E-state index in [9.17, 15) is 13.7 Å². The van der Waals surface area contributed by atoms with Crippen molar-refractivity contribution in [3.63, 3.8) is 0 Å². The number of anilines is 2. The number of nitrogens with zero attached hydrogens (tertiary/aromatic N) is 3. The minimum atomic E-state index is -3.72. The topological polar surface area (TPSA) is 95.3 Å². The average Bonchev–Trinajstić information content (AvgIpc) is 2.68. The standard InChI is InChI=1S/C20H19ClN4O3S/c1-4-28-18-8-6-15(11-19(18)29(26,27)25(2)3)23-20-9-13(12-22)16-10-14(21)5-7-17(16)24-20/h5-11H,4H2,1-3H3,(H,23,24). The van der Waals surface area contributed by atoms with Crippen molar-refractivity contribution in [2.75, 3.05) is 26.0 Å². The maximum atomic E-state index is 12.7. The molecule has 9 heteroatoms. The van der Waals surface area contributed by atoms with Gasteiger partial charge >= 0.3 is 0 Å². The third-order valence-corrected chi connectivity index (χ3v) is 6.24. The SMILES string of the molecule is CCOc1ccc(Nc2cc(C#N)c3cc(Cl)ccc3n2)cc1S(=O)(=O)N(C)C. The molecule has 1 N–H and O–H groups in total. The van der Waals surface area contributed by atoms with E-state index in [0.717, 1.165) is 4.31 Å². The molecule has 1 heterocycles. The zero-order chi connectivity index (χ0) is 21.2. The van der Waals surface area contributed by atoms with E-state index >= 15 is 0 Å². The van der Waals surface area contributed by atoms with Crippen LogP contribution >= 0.6 is 11.6 Å². The quantitative estimate of drug-likeness (QED) is 0.631. The fourth-order valence-corrected chi connectivity index (χ4v) is 3.98. The van der Waals surface area contributed by atoms with Gasteiger partial charge in [-0.2, -0.15) is 5.26 Å². The zero-order valence-electron chi connectivity index (χ0n) is 16.1. The first-order valence-corrected chi connectivity index (χ1v) is 10.5. The van der Waals surface area contributed by atoms with Crippen LogP contribution in [0.15, 0.2) is 47.4 Å². The van der Waals surface area contributed by atoms with E-state index in [1.807, 2.05) is 0 Å². The number of rotatable bonds is 6. The lowest BCUT2D eigenvalue weighted by Crippen LogP contribution is -2.23. The molecule has 0 aliphatic rings. The second kappa shape index (κ2) is 8.25. The first-order valence-electron chi connectivity index (χ1n) is 8.73. The summed E-state index contributed by atoms with van der Waals surface area (Å²) in [5.41, 5.74) is 1.51. The normalized spacial score (nSPS) is 11.4. The number of pyridine rings is 1. The highest BCUT2D eigenvalue weighted by Gasteiger charge is 2.23. The van der Waals surface area contributed by atoms with Gasteiger partial charge in [0.1, 0.15) is 16.5 Å². The van der Waals surface area contributed by atoms with Crippen molar-refractivity contribution in [1.29, 1.82) is 5.26 Å². The lowest BCUT2D eigenvalue weighted by atomic mass is 10.1. The van der Waals surface area contributed by atoms with Crippen LogP contribution in [0.1, 0.15) is 12.5 Å². The average molecular weight is 431 g/mol. The maximum absolute atomic E-state index is 12.7. The highest BCUT2D eigenvalue weighted by atomic mass is 35.5. The van der Waals surface area contributed by atoms with Gasteiger partial charge in [-0.15, -0.1) is 0 Å². The van der Waals surface area contributed by atoms with Crippen molar-refractivity contribution in [3.05, 3.63) is 53.1 Å². The molecule has 0 aliphatic heterocycles. The van der Waals surface area contributed by atoms with Crippen molar-refractivity contribution in [2.24, 2.45) is 0 Å². The summed E-state index contributed by atoms with van der Waals surface area (Å²) in [6, 6.07) is 13.6. The van der Waals surface area contributed by atoms with Crippen LogP contribution < -0.4 is 10.1 Å². The Hall–Kier alpha value is -2.86. The summed E-state index contributed by atoms with van der Waals surface area (Å²) in [4.78, 5) is 4.54. The second-order valence-electron chi connectivity index (χ2n) is 6.34. The first-order chi connectivity index (χ1) is 13.8. The number of hydrogen-bond donors (Lipinski definition) is 1. The van der Waals surface area contributed by atoms with Gasteiger partial charge in [0.25, 0.3) is 0 Å². The van der Waals surface area contributed by atoms with Crippen LogP contribution in [0.2, 0.25) is 5.02 Å². The minimum Gasteiger partial charge on any atom is -0.492 e. The van der Waals surface area contributed by atoms with Gasteiger partial charge in [0.2, 0.25) is 10.0 Å². The molecule has 1 aromatic heterocycles. The molecule has 0 atom stereocenters. The van der Waals surface area contributed by atoms with E-state index in [4.69, 9.17) is 16.3 Å². The third kappa shape index (κ3) is 4.27. The predicted molar refractivity (Wildman–Crippen MR) is 113 cm³/mol. The predicted octanol–water partition coefficient (Wildman–Crippen LogP) is 4.15. The molecule has 0 radical (unpaired) electrons. The highest BCUT2D eigenvalue weighted by Crippen LogP contribution is 2.31. The number of fused-ring (bicyclic) bond motifs is 1. The molecule has 3 aromatic rings. The summed E-state index contributed by atoms with van der Waals surface area (Å²) in [5.74, 6) is 0.680. The van der Waals surface area contributed by atoms with Gasteiger partial charge in [-0.25, -0.2) is 17.7 Å². The van der Waals surface area contributed by atoms with Gasteiger partial charge in [0, 0.05) is 30.2 Å². The molecule has 0 unspecified atom stereocenters. The maximum Gasteiger partial charge on any atom is 0.246 e. The van der Waals surface area contributed by atoms with E-state index in [1.54, 1.807) is 43.3 Å². The van der Waals surface area contributed by atoms with Gasteiger partial charge in [0.15, 0.2) is 0 Å². The number of benzene rings is 2. The fourth-order valence-electron chi connectivity index (χ4n) is 2.76. The van der Waals surface area contributed by atoms with E-state index in [2.05, 4.69) is 16.4 Å². The molecular weight excluding hydrogens is 412 g/mol. The number of ether oxygens (including phenoxy) is 1. The van der Waals surface area contributed by atoms with Gasteiger partial charge in [-0.05, 0) is 49.4 Å². The van der Waals surface area contributed by atoms with Gasteiger partial charge < -0.3 is 10.1 Å². The number of hydrogen-bond acceptors (Lipinski definition) is 6. The van der Waals surface area contributed by atoms with Crippen LogP contribution in [-0.4, -0.2) is 38.4 Å². The molecule has 29 heavy (non-hydrogen) atoms. The van der Waals surface area contributed by atoms with Crippen LogP contribution in [0.5, 0.6) is 5.75 Å². The van der Waals surface area contributed by atoms with E-state index in [1.165, 1.54) is 20.2 Å². The number of aromatic nitrogens is 1. The van der Waals surface area contributed by atoms with Crippen molar-refractivity contribution in [1.82, 2.24) is 9.29 Å². The first kappa shape index (κ1) is 20.9. The lowest BCUT2D eigenvalue weighted by Gasteiger charge is -2.17. The van der Waals surface area contributed by atoms with Crippen molar-refractivity contribution in [3.8, 4) is 11.8 Å². The summed E-state index contributed by atoms with van der Waals surface area (Å²) >= 11 is 6.02. The van der Waals surface area contributed by atoms with Gasteiger partial charge in [-0.1, -0.05) is 11.6 Å². The second-order valence-corrected chi connectivity index (χ2v) is 8.89. The van der Waals surface area contributed by atoms with Crippen LogP contribution in [0, 0.1) is 11.3 Å². The molecule has 150 valence electrons. The molecule has 0 fully saturated rings. The molecule has 0 aliphatic carbocycles. The summed E-state index contributed by atoms with van der Waals surface area (Å²) in [6.45, 7) is 2.12. The molecule has 2 aromatic carbocycles. The molecular formula is C20H19ClN4O3S. The molecule has 7 nitrogen and oxygen atoms in total. The smallest absolute Gasteiger partial charge is 0.246 e. The molecule has 0 amide bonds. The Balaban J connectivity index is 2.07. The Morgan fingerprint density at radius 3 is 2.62 bits per heavy atom. The van der Waals surface area contributed by atoms with Crippen LogP contribution in [-0.2, 0) is 10.0 Å². The molecule has 0 spiro atoms. The van der Waals surface area contributed by atoms with Crippen LogP contribution in [0.4, 0.5) is 11.5 Å². The van der Waals surface area contributed by atoms with E-state index < -0.39 is 10.0 Å². The van der Waals surface area contributed by atoms with Gasteiger partial charge in [-0.3, -0.25) is 0 Å². The summed E-state index contributed by atoms with van der Waals surface area (Å²) in [7, 11) is -0.798. The fraction of sp³-hybridized carbons (Fsp3) is 0.200. The number of sulfonamides is 1. The largest absolute Gasteiger partial charge is 0.492 e. The lowest BCUT2D eigenvalue weighted by molar-refractivity contribution is 0.330. The molecule has 0 saturated heterocycles. The third-order valence-electron chi connectivity index (χ3n) is 4.17. The summed E-state index contributed by atoms with van der Waals surface area (Å²) in [5, 5.41) is 13.7. The Morgan fingerprint density at radius 1 is 1.21 bits per heavy atom. The Morgan fingerprint density at radius 2 is 1.97 bits per heavy atom. The number of nitrogens with one attached hydrogen (secondary N) is 1. The molecule has 3 rings (SSSR count). The number of halogens is 1. The Kier molecular flexibility index (Phi) is 5.94. The van der Waals surface area contributed by atoms with Crippen LogP contribution in [0.3, 0.4) is 0 Å². The van der Waals surface area contributed by atoms with E-state index in [-0.39, 0.29) is 10.6 Å². The highest BCUT2D eigenvalue weighted by molar-refractivity contribution is 7.89. The van der Waals surface area contributed by atoms with Crippen molar-refractivity contribution in [2.45, 2.75) is 11.8 Å². The summed E-state index contributed by atoms with van der Waals surface area (Å²) < 4.78 is 32.0. The van der Waals surface area contributed by atoms with E-state index in [0.29, 0.717) is 39.6 Å².